The summed E-state index contributed by atoms with van der Waals surface area (Å²) in [5.74, 6) is 1.62. The van der Waals surface area contributed by atoms with Gasteiger partial charge in [-0.05, 0) is 29.2 Å². The van der Waals surface area contributed by atoms with Gasteiger partial charge < -0.3 is 9.42 Å². The molecule has 1 atom stereocenters. The van der Waals surface area contributed by atoms with Crippen LogP contribution in [0.15, 0.2) is 53.3 Å². The summed E-state index contributed by atoms with van der Waals surface area (Å²) in [5.41, 5.74) is 3.29. The van der Waals surface area contributed by atoms with Gasteiger partial charge >= 0.3 is 0 Å². The zero-order chi connectivity index (χ0) is 18.8. The molecule has 6 heteroatoms. The molecule has 0 bridgehead atoms. The van der Waals surface area contributed by atoms with E-state index in [1.165, 1.54) is 5.56 Å². The Balaban J connectivity index is 1.44. The Bertz CT molecular complexity index is 919. The first-order chi connectivity index (χ1) is 13.1. The van der Waals surface area contributed by atoms with Crippen molar-refractivity contribution in [3.05, 3.63) is 65.8 Å². The Hall–Kier alpha value is -3.02. The van der Waals surface area contributed by atoms with Gasteiger partial charge in [-0.2, -0.15) is 4.98 Å². The van der Waals surface area contributed by atoms with E-state index < -0.39 is 0 Å². The number of carbonyl (C=O) groups excluding carboxylic acids is 1. The molecule has 1 saturated heterocycles. The third-order valence-corrected chi connectivity index (χ3v) is 4.96. The van der Waals surface area contributed by atoms with Crippen LogP contribution in [-0.2, 0) is 11.3 Å². The van der Waals surface area contributed by atoms with Crippen molar-refractivity contribution >= 4 is 5.91 Å². The highest BCUT2D eigenvalue weighted by atomic mass is 16.5. The van der Waals surface area contributed by atoms with Crippen LogP contribution in [0.3, 0.4) is 0 Å². The van der Waals surface area contributed by atoms with Crippen molar-refractivity contribution in [1.29, 1.82) is 0 Å². The van der Waals surface area contributed by atoms with Gasteiger partial charge in [0.15, 0.2) is 0 Å². The highest BCUT2D eigenvalue weighted by Crippen LogP contribution is 2.29. The standard InChI is InChI=1S/C21H22N4O2/c1-14(2)16-5-3-15(4-6-16)12-25-13-18(11-19(25)26)21-23-20(24-27-21)17-7-9-22-10-8-17/h3-10,14,18H,11-13H2,1-2H3. The van der Waals surface area contributed by atoms with Crippen LogP contribution in [0.1, 0.15) is 49.1 Å². The first-order valence-corrected chi connectivity index (χ1v) is 9.21. The SMILES string of the molecule is CC(C)c1ccc(CN2CC(c3nc(-c4ccncc4)no3)CC2=O)cc1. The van der Waals surface area contributed by atoms with Crippen molar-refractivity contribution in [3.8, 4) is 11.4 Å². The summed E-state index contributed by atoms with van der Waals surface area (Å²) in [4.78, 5) is 22.8. The summed E-state index contributed by atoms with van der Waals surface area (Å²) in [5, 5.41) is 4.05. The van der Waals surface area contributed by atoms with E-state index in [4.69, 9.17) is 4.52 Å². The average molecular weight is 362 g/mol. The number of rotatable bonds is 5. The van der Waals surface area contributed by atoms with Gasteiger partial charge in [0.05, 0.1) is 5.92 Å². The normalized spacial score (nSPS) is 17.1. The second-order valence-corrected chi connectivity index (χ2v) is 7.26. The van der Waals surface area contributed by atoms with E-state index in [2.05, 4.69) is 53.2 Å². The number of amides is 1. The van der Waals surface area contributed by atoms with Gasteiger partial charge in [-0.25, -0.2) is 0 Å². The predicted molar refractivity (Wildman–Crippen MR) is 101 cm³/mol. The van der Waals surface area contributed by atoms with Gasteiger partial charge in [0.25, 0.3) is 0 Å². The molecule has 0 aliphatic carbocycles. The lowest BCUT2D eigenvalue weighted by molar-refractivity contribution is -0.128. The van der Waals surface area contributed by atoms with Crippen molar-refractivity contribution in [2.24, 2.45) is 0 Å². The largest absolute Gasteiger partial charge is 0.339 e. The van der Waals surface area contributed by atoms with Crippen molar-refractivity contribution in [3.63, 3.8) is 0 Å². The molecule has 1 aliphatic rings. The number of benzene rings is 1. The minimum atomic E-state index is -0.0597. The van der Waals surface area contributed by atoms with Gasteiger partial charge in [0.2, 0.25) is 17.6 Å². The van der Waals surface area contributed by atoms with E-state index in [1.807, 2.05) is 17.0 Å². The zero-order valence-corrected chi connectivity index (χ0v) is 15.5. The quantitative estimate of drug-likeness (QED) is 0.691. The molecule has 0 spiro atoms. The van der Waals surface area contributed by atoms with Crippen LogP contribution in [0.5, 0.6) is 0 Å². The Labute approximate surface area is 158 Å². The Morgan fingerprint density at radius 3 is 2.59 bits per heavy atom. The van der Waals surface area contributed by atoms with Crippen LogP contribution >= 0.6 is 0 Å². The highest BCUT2D eigenvalue weighted by Gasteiger charge is 2.34. The van der Waals surface area contributed by atoms with Crippen molar-refractivity contribution in [2.75, 3.05) is 6.54 Å². The number of hydrogen-bond donors (Lipinski definition) is 0. The minimum Gasteiger partial charge on any atom is -0.339 e. The summed E-state index contributed by atoms with van der Waals surface area (Å²) in [6.07, 6.45) is 3.79. The summed E-state index contributed by atoms with van der Waals surface area (Å²) < 4.78 is 5.43. The van der Waals surface area contributed by atoms with E-state index >= 15 is 0 Å². The van der Waals surface area contributed by atoms with Gasteiger partial charge in [-0.3, -0.25) is 9.78 Å². The predicted octanol–water partition coefficient (Wildman–Crippen LogP) is 3.77. The fourth-order valence-corrected chi connectivity index (χ4v) is 3.34. The van der Waals surface area contributed by atoms with Gasteiger partial charge in [-0.15, -0.1) is 0 Å². The lowest BCUT2D eigenvalue weighted by atomic mass is 10.0. The van der Waals surface area contributed by atoms with Crippen LogP contribution in [0.2, 0.25) is 0 Å². The molecule has 0 N–H and O–H groups in total. The number of hydrogen-bond acceptors (Lipinski definition) is 5. The summed E-state index contributed by atoms with van der Waals surface area (Å²) in [6.45, 7) is 5.56. The maximum Gasteiger partial charge on any atom is 0.232 e. The molecule has 3 heterocycles. The lowest BCUT2D eigenvalue weighted by Crippen LogP contribution is -2.24. The van der Waals surface area contributed by atoms with Gasteiger partial charge in [0.1, 0.15) is 0 Å². The molecule has 1 amide bonds. The maximum absolute atomic E-state index is 12.4. The summed E-state index contributed by atoms with van der Waals surface area (Å²) in [6, 6.07) is 12.1. The molecule has 27 heavy (non-hydrogen) atoms. The number of pyridine rings is 1. The third kappa shape index (κ3) is 3.74. The smallest absolute Gasteiger partial charge is 0.232 e. The third-order valence-electron chi connectivity index (χ3n) is 4.96. The Morgan fingerprint density at radius 2 is 1.89 bits per heavy atom. The minimum absolute atomic E-state index is 0.0597. The summed E-state index contributed by atoms with van der Waals surface area (Å²) in [7, 11) is 0. The molecule has 1 unspecified atom stereocenters. The number of carbonyl (C=O) groups is 1. The van der Waals surface area contributed by atoms with E-state index in [1.54, 1.807) is 12.4 Å². The fourth-order valence-electron chi connectivity index (χ4n) is 3.34. The van der Waals surface area contributed by atoms with Crippen LogP contribution < -0.4 is 0 Å². The average Bonchev–Trinajstić information content (AvgIpc) is 3.30. The monoisotopic (exact) mass is 362 g/mol. The molecule has 1 aromatic carbocycles. The second kappa shape index (κ2) is 7.31. The number of likely N-dealkylation sites (tertiary alicyclic amines) is 1. The zero-order valence-electron chi connectivity index (χ0n) is 15.5. The van der Waals surface area contributed by atoms with Gasteiger partial charge in [0, 0.05) is 37.5 Å². The molecule has 3 aromatic rings. The first-order valence-electron chi connectivity index (χ1n) is 9.21. The van der Waals surface area contributed by atoms with Crippen molar-refractivity contribution in [1.82, 2.24) is 20.0 Å². The number of aromatic nitrogens is 3. The van der Waals surface area contributed by atoms with E-state index in [0.717, 1.165) is 11.1 Å². The Kier molecular flexibility index (Phi) is 4.71. The summed E-state index contributed by atoms with van der Waals surface area (Å²) >= 11 is 0. The first kappa shape index (κ1) is 17.4. The highest BCUT2D eigenvalue weighted by molar-refractivity contribution is 5.79. The second-order valence-electron chi connectivity index (χ2n) is 7.26. The molecule has 4 rings (SSSR count). The van der Waals surface area contributed by atoms with Gasteiger partial charge in [-0.1, -0.05) is 43.3 Å². The molecule has 0 radical (unpaired) electrons. The molecular formula is C21H22N4O2. The van der Waals surface area contributed by atoms with Crippen LogP contribution in [-0.4, -0.2) is 32.5 Å². The molecule has 6 nitrogen and oxygen atoms in total. The molecule has 138 valence electrons. The molecular weight excluding hydrogens is 340 g/mol. The molecule has 0 saturated carbocycles. The molecule has 1 aliphatic heterocycles. The van der Waals surface area contributed by atoms with Crippen molar-refractivity contribution < 1.29 is 9.32 Å². The van der Waals surface area contributed by atoms with E-state index in [0.29, 0.717) is 37.1 Å². The topological polar surface area (TPSA) is 72.1 Å². The van der Waals surface area contributed by atoms with E-state index in [9.17, 15) is 4.79 Å². The van der Waals surface area contributed by atoms with Crippen molar-refractivity contribution in [2.45, 2.75) is 38.6 Å². The molecule has 1 fully saturated rings. The molecule has 2 aromatic heterocycles. The van der Waals surface area contributed by atoms with Crippen LogP contribution in [0, 0.1) is 0 Å². The van der Waals surface area contributed by atoms with Crippen LogP contribution in [0.4, 0.5) is 0 Å². The fraction of sp³-hybridized carbons (Fsp3) is 0.333. The number of nitrogens with zero attached hydrogens (tertiary/aromatic N) is 4. The lowest BCUT2D eigenvalue weighted by Gasteiger charge is -2.16. The van der Waals surface area contributed by atoms with Crippen LogP contribution in [0.25, 0.3) is 11.4 Å². The Morgan fingerprint density at radius 1 is 1.15 bits per heavy atom. The van der Waals surface area contributed by atoms with E-state index in [-0.39, 0.29) is 11.8 Å². The maximum atomic E-state index is 12.4.